The minimum Gasteiger partial charge on any atom is -0.497 e. The highest BCUT2D eigenvalue weighted by Gasteiger charge is 2.39. The van der Waals surface area contributed by atoms with Crippen molar-refractivity contribution in [1.82, 2.24) is 5.01 Å². The number of ketones is 1. The zero-order chi connectivity index (χ0) is 20.7. The fourth-order valence-corrected chi connectivity index (χ4v) is 4.74. The number of methoxy groups -OCH3 is 1. The molecule has 0 bridgehead atoms. The molecular formula is C23H19N3O3S. The van der Waals surface area contributed by atoms with Crippen molar-refractivity contribution in [3.63, 3.8) is 0 Å². The molecule has 1 atom stereocenters. The average molecular weight is 417 g/mol. The summed E-state index contributed by atoms with van der Waals surface area (Å²) >= 11 is 1.67. The smallest absolute Gasteiger partial charge is 0.301 e. The first kappa shape index (κ1) is 18.6. The molecule has 6 nitrogen and oxygen atoms in total. The molecule has 3 heterocycles. The second kappa shape index (κ2) is 7.42. The Morgan fingerprint density at radius 2 is 1.87 bits per heavy atom. The number of hydrogen-bond acceptors (Lipinski definition) is 6. The van der Waals surface area contributed by atoms with Gasteiger partial charge in [-0.1, -0.05) is 18.2 Å². The second-order valence-electron chi connectivity index (χ2n) is 7.17. The first-order chi connectivity index (χ1) is 14.7. The largest absolute Gasteiger partial charge is 0.497 e. The summed E-state index contributed by atoms with van der Waals surface area (Å²) in [4.78, 5) is 27.7. The van der Waals surface area contributed by atoms with Crippen LogP contribution in [0.4, 0.5) is 5.69 Å². The van der Waals surface area contributed by atoms with Gasteiger partial charge in [-0.3, -0.25) is 19.5 Å². The molecule has 0 saturated heterocycles. The number of carbonyl (C=O) groups excluding carboxylic acids is 2. The lowest BCUT2D eigenvalue weighted by Gasteiger charge is -2.27. The highest BCUT2D eigenvalue weighted by atomic mass is 32.1. The normalized spacial score (nSPS) is 18.0. The van der Waals surface area contributed by atoms with Crippen LogP contribution in [0.1, 0.15) is 33.3 Å². The zero-order valence-corrected chi connectivity index (χ0v) is 17.1. The molecule has 0 aliphatic carbocycles. The van der Waals surface area contributed by atoms with Crippen LogP contribution in [0.2, 0.25) is 0 Å². The number of amides is 1. The Hall–Kier alpha value is -3.45. The molecule has 0 fully saturated rings. The van der Waals surface area contributed by atoms with Gasteiger partial charge in [0.15, 0.2) is 0 Å². The van der Waals surface area contributed by atoms with E-state index in [1.165, 1.54) is 9.78 Å². The molecule has 2 aliphatic rings. The molecule has 2 aromatic carbocycles. The van der Waals surface area contributed by atoms with E-state index in [0.29, 0.717) is 11.3 Å². The van der Waals surface area contributed by atoms with Gasteiger partial charge in [0, 0.05) is 11.3 Å². The quantitative estimate of drug-likeness (QED) is 0.587. The van der Waals surface area contributed by atoms with E-state index in [0.717, 1.165) is 23.4 Å². The molecule has 7 heteroatoms. The van der Waals surface area contributed by atoms with E-state index in [4.69, 9.17) is 9.84 Å². The number of thiophene rings is 1. The van der Waals surface area contributed by atoms with E-state index in [-0.39, 0.29) is 12.7 Å². The van der Waals surface area contributed by atoms with Crippen molar-refractivity contribution in [3.05, 3.63) is 82.0 Å². The first-order valence-electron chi connectivity index (χ1n) is 9.63. The van der Waals surface area contributed by atoms with Gasteiger partial charge < -0.3 is 4.74 Å². The number of hydrogen-bond donors (Lipinski definition) is 0. The standard InChI is InChI=1S/C23H19N3O3S/c1-29-16-10-8-15(9-11-16)18-13-20(21-7-4-12-30-21)26(24-18)14-25-19-6-3-2-5-17(19)22(27)23(25)28/h2-12,20H,13-14H2,1H3/t20-/m0/s1. The Morgan fingerprint density at radius 3 is 2.60 bits per heavy atom. The summed E-state index contributed by atoms with van der Waals surface area (Å²) in [5.74, 6) is -0.173. The zero-order valence-electron chi connectivity index (χ0n) is 16.3. The Bertz CT molecular complexity index is 1140. The van der Waals surface area contributed by atoms with Crippen molar-refractivity contribution in [3.8, 4) is 5.75 Å². The number of ether oxygens (including phenoxy) is 1. The lowest BCUT2D eigenvalue weighted by atomic mass is 10.0. The van der Waals surface area contributed by atoms with Crippen molar-refractivity contribution in [2.75, 3.05) is 18.7 Å². The number of hydrazone groups is 1. The monoisotopic (exact) mass is 417 g/mol. The van der Waals surface area contributed by atoms with Gasteiger partial charge in [-0.05, 0) is 53.4 Å². The van der Waals surface area contributed by atoms with Crippen LogP contribution >= 0.6 is 11.3 Å². The topological polar surface area (TPSA) is 62.2 Å². The van der Waals surface area contributed by atoms with Gasteiger partial charge in [-0.2, -0.15) is 5.10 Å². The molecule has 30 heavy (non-hydrogen) atoms. The summed E-state index contributed by atoms with van der Waals surface area (Å²) in [5, 5.41) is 8.81. The highest BCUT2D eigenvalue weighted by Crippen LogP contribution is 2.37. The lowest BCUT2D eigenvalue weighted by molar-refractivity contribution is -0.114. The molecule has 5 rings (SSSR count). The van der Waals surface area contributed by atoms with Crippen LogP contribution in [0, 0.1) is 0 Å². The van der Waals surface area contributed by atoms with E-state index in [2.05, 4.69) is 6.07 Å². The van der Waals surface area contributed by atoms with E-state index >= 15 is 0 Å². The van der Waals surface area contributed by atoms with E-state index < -0.39 is 11.7 Å². The molecule has 0 radical (unpaired) electrons. The van der Waals surface area contributed by atoms with Gasteiger partial charge in [-0.25, -0.2) is 0 Å². The van der Waals surface area contributed by atoms with Crippen molar-refractivity contribution in [2.45, 2.75) is 12.5 Å². The summed E-state index contributed by atoms with van der Waals surface area (Å²) in [6.07, 6.45) is 0.727. The predicted octanol–water partition coefficient (Wildman–Crippen LogP) is 4.09. The summed E-state index contributed by atoms with van der Waals surface area (Å²) in [5.41, 5.74) is 3.06. The molecule has 1 amide bonds. The summed E-state index contributed by atoms with van der Waals surface area (Å²) in [7, 11) is 1.64. The Kier molecular flexibility index (Phi) is 4.59. The predicted molar refractivity (Wildman–Crippen MR) is 116 cm³/mol. The second-order valence-corrected chi connectivity index (χ2v) is 8.15. The van der Waals surface area contributed by atoms with Crippen LogP contribution < -0.4 is 9.64 Å². The van der Waals surface area contributed by atoms with Gasteiger partial charge in [0.1, 0.15) is 12.4 Å². The third kappa shape index (κ3) is 3.07. The maximum Gasteiger partial charge on any atom is 0.301 e. The molecular weight excluding hydrogens is 398 g/mol. The Morgan fingerprint density at radius 1 is 1.07 bits per heavy atom. The van der Waals surface area contributed by atoms with Gasteiger partial charge in [-0.15, -0.1) is 11.3 Å². The fraction of sp³-hybridized carbons (Fsp3) is 0.174. The SMILES string of the molecule is COc1ccc(C2=NN(CN3C(=O)C(=O)c4ccccc43)[C@H](c3cccs3)C2)cc1. The van der Waals surface area contributed by atoms with Crippen molar-refractivity contribution < 1.29 is 14.3 Å². The third-order valence-corrected chi connectivity index (χ3v) is 6.43. The van der Waals surface area contributed by atoms with E-state index in [1.807, 2.05) is 52.9 Å². The Labute approximate surface area is 178 Å². The number of rotatable bonds is 5. The molecule has 0 spiro atoms. The number of nitrogens with zero attached hydrogens (tertiary/aromatic N) is 3. The number of fused-ring (bicyclic) bond motifs is 1. The third-order valence-electron chi connectivity index (χ3n) is 5.46. The highest BCUT2D eigenvalue weighted by molar-refractivity contribution is 7.10. The van der Waals surface area contributed by atoms with Gasteiger partial charge in [0.2, 0.25) is 0 Å². The van der Waals surface area contributed by atoms with Crippen LogP contribution in [0.5, 0.6) is 5.75 Å². The number of Topliss-reactive ketones (excluding diaryl/α,β-unsaturated/α-hetero) is 1. The Balaban J connectivity index is 1.48. The first-order valence-corrected chi connectivity index (χ1v) is 10.5. The van der Waals surface area contributed by atoms with Crippen LogP contribution in [-0.2, 0) is 4.79 Å². The van der Waals surface area contributed by atoms with Crippen LogP contribution in [0.15, 0.2) is 71.1 Å². The molecule has 1 aromatic heterocycles. The van der Waals surface area contributed by atoms with Crippen LogP contribution in [-0.4, -0.2) is 36.2 Å². The number of carbonyl (C=O) groups is 2. The van der Waals surface area contributed by atoms with Gasteiger partial charge in [0.05, 0.1) is 30.1 Å². The molecule has 0 saturated carbocycles. The average Bonchev–Trinajstić information content (AvgIpc) is 3.50. The molecule has 0 N–H and O–H groups in total. The summed E-state index contributed by atoms with van der Waals surface area (Å²) in [6, 6.07) is 19.0. The van der Waals surface area contributed by atoms with Crippen LogP contribution in [0.3, 0.4) is 0 Å². The van der Waals surface area contributed by atoms with Crippen molar-refractivity contribution >= 4 is 34.4 Å². The van der Waals surface area contributed by atoms with E-state index in [1.54, 1.807) is 30.6 Å². The molecule has 2 aliphatic heterocycles. The fourth-order valence-electron chi connectivity index (χ4n) is 3.91. The number of para-hydroxylation sites is 1. The van der Waals surface area contributed by atoms with Crippen LogP contribution in [0.25, 0.3) is 0 Å². The maximum atomic E-state index is 12.7. The number of benzene rings is 2. The molecule has 0 unspecified atom stereocenters. The van der Waals surface area contributed by atoms with E-state index in [9.17, 15) is 9.59 Å². The lowest BCUT2D eigenvalue weighted by Crippen LogP contribution is -2.38. The molecule has 150 valence electrons. The minimum atomic E-state index is -0.505. The number of anilines is 1. The minimum absolute atomic E-state index is 0.0118. The molecule has 3 aromatic rings. The van der Waals surface area contributed by atoms with Crippen molar-refractivity contribution in [2.24, 2.45) is 5.10 Å². The maximum absolute atomic E-state index is 12.7. The van der Waals surface area contributed by atoms with Gasteiger partial charge >= 0.3 is 5.91 Å². The van der Waals surface area contributed by atoms with Gasteiger partial charge in [0.25, 0.3) is 5.78 Å². The van der Waals surface area contributed by atoms with Crippen molar-refractivity contribution in [1.29, 1.82) is 0 Å². The summed E-state index contributed by atoms with van der Waals surface area (Å²) < 4.78 is 5.25. The summed E-state index contributed by atoms with van der Waals surface area (Å²) in [6.45, 7) is 0.226.